The summed E-state index contributed by atoms with van der Waals surface area (Å²) in [7, 11) is -4.12. The van der Waals surface area contributed by atoms with E-state index >= 15 is 0 Å². The number of aromatic nitrogens is 1. The molecule has 1 fully saturated rings. The highest BCUT2D eigenvalue weighted by molar-refractivity contribution is 7.93. The smallest absolute Gasteiger partial charge is 0.323 e. The molecular weight excluding hydrogens is 649 g/mol. The van der Waals surface area contributed by atoms with Gasteiger partial charge in [-0.05, 0) is 48.9 Å². The number of hydrogen-bond acceptors (Lipinski definition) is 8. The van der Waals surface area contributed by atoms with Crippen LogP contribution in [0.4, 0.5) is 11.4 Å². The number of ether oxygens (including phenoxy) is 2. The molecule has 2 aromatic carbocycles. The molecule has 0 radical (unpaired) electrons. The molecule has 14 heteroatoms. The van der Waals surface area contributed by atoms with Crippen molar-refractivity contribution in [2.75, 3.05) is 41.2 Å². The molecule has 0 spiro atoms. The van der Waals surface area contributed by atoms with Crippen molar-refractivity contribution in [3.8, 4) is 5.75 Å². The number of hydrogen-bond donors (Lipinski definition) is 2. The van der Waals surface area contributed by atoms with Crippen LogP contribution in [-0.2, 0) is 19.6 Å². The van der Waals surface area contributed by atoms with E-state index in [4.69, 9.17) is 32.2 Å². The standard InChI is InChI=1S/C30H34ClN5O5S.2ClH/c1-2-40-29(37)21-42(38,39)36(16-4-6-22-5-3-7-23(19-22)30(32)33)25-8-9-28(27(31)20-25)41-26-12-17-35(18-13-26)24-10-14-34-15-11-24;;/h3-11,14-15,19-20,26H,2,12-13,16-18,21H2,1H3,(H3,32,33);2*1H/b6-4+;;. The molecule has 1 aliphatic heterocycles. The molecule has 10 nitrogen and oxygen atoms in total. The molecule has 1 aromatic heterocycles. The maximum atomic E-state index is 13.3. The number of nitrogens with two attached hydrogens (primary N) is 1. The first-order valence-electron chi connectivity index (χ1n) is 13.5. The third-order valence-electron chi connectivity index (χ3n) is 6.69. The van der Waals surface area contributed by atoms with Gasteiger partial charge >= 0.3 is 5.97 Å². The zero-order chi connectivity index (χ0) is 30.1. The van der Waals surface area contributed by atoms with Gasteiger partial charge in [0, 0.05) is 49.6 Å². The molecule has 2 heterocycles. The van der Waals surface area contributed by atoms with Crippen molar-refractivity contribution < 1.29 is 22.7 Å². The number of pyridine rings is 1. The molecule has 44 heavy (non-hydrogen) atoms. The molecule has 3 N–H and O–H groups in total. The van der Waals surface area contributed by atoms with Gasteiger partial charge in [-0.15, -0.1) is 24.8 Å². The van der Waals surface area contributed by atoms with Crippen molar-refractivity contribution >= 4 is 75.7 Å². The second-order valence-electron chi connectivity index (χ2n) is 9.66. The molecule has 0 amide bonds. The van der Waals surface area contributed by atoms with E-state index in [1.807, 2.05) is 18.2 Å². The number of halogens is 3. The Bertz CT molecular complexity index is 1540. The number of amidine groups is 1. The molecule has 0 bridgehead atoms. The van der Waals surface area contributed by atoms with E-state index in [9.17, 15) is 13.2 Å². The number of rotatable bonds is 12. The predicted molar refractivity (Wildman–Crippen MR) is 180 cm³/mol. The lowest BCUT2D eigenvalue weighted by molar-refractivity contribution is -0.139. The Morgan fingerprint density at radius 1 is 1.14 bits per heavy atom. The summed E-state index contributed by atoms with van der Waals surface area (Å²) in [6.07, 6.45) is 8.48. The van der Waals surface area contributed by atoms with E-state index in [1.165, 1.54) is 6.07 Å². The lowest BCUT2D eigenvalue weighted by Gasteiger charge is -2.33. The van der Waals surface area contributed by atoms with Crippen LogP contribution in [0, 0.1) is 5.41 Å². The van der Waals surface area contributed by atoms with E-state index in [-0.39, 0.29) is 60.6 Å². The summed E-state index contributed by atoms with van der Waals surface area (Å²) in [5.74, 6) is -1.27. The van der Waals surface area contributed by atoms with Crippen LogP contribution in [0.5, 0.6) is 5.75 Å². The normalized spacial score (nSPS) is 13.5. The summed E-state index contributed by atoms with van der Waals surface area (Å²) < 4.78 is 38.9. The quantitative estimate of drug-likeness (QED) is 0.149. The minimum Gasteiger partial charge on any atom is -0.489 e. The number of carbonyl (C=O) groups excluding carboxylic acids is 1. The van der Waals surface area contributed by atoms with Crippen LogP contribution in [0.25, 0.3) is 6.08 Å². The van der Waals surface area contributed by atoms with E-state index < -0.39 is 21.7 Å². The van der Waals surface area contributed by atoms with Crippen LogP contribution in [-0.4, -0.2) is 63.3 Å². The van der Waals surface area contributed by atoms with Crippen LogP contribution < -0.4 is 19.7 Å². The van der Waals surface area contributed by atoms with Crippen LogP contribution in [0.1, 0.15) is 30.9 Å². The van der Waals surface area contributed by atoms with E-state index in [2.05, 4.69) is 9.88 Å². The van der Waals surface area contributed by atoms with Crippen molar-refractivity contribution in [2.45, 2.75) is 25.9 Å². The van der Waals surface area contributed by atoms with Gasteiger partial charge in [-0.2, -0.15) is 0 Å². The molecule has 0 saturated carbocycles. The Balaban J connectivity index is 0.00000337. The van der Waals surface area contributed by atoms with E-state index in [0.29, 0.717) is 11.3 Å². The number of nitrogens with zero attached hydrogens (tertiary/aromatic N) is 3. The Labute approximate surface area is 275 Å². The Morgan fingerprint density at radius 3 is 2.48 bits per heavy atom. The number of nitrogens with one attached hydrogen (secondary N) is 1. The molecule has 0 atom stereocenters. The summed E-state index contributed by atoms with van der Waals surface area (Å²) in [5.41, 5.74) is 8.27. The molecule has 1 saturated heterocycles. The highest BCUT2D eigenvalue weighted by Gasteiger charge is 2.27. The Morgan fingerprint density at radius 2 is 1.84 bits per heavy atom. The van der Waals surface area contributed by atoms with Crippen molar-refractivity contribution in [1.29, 1.82) is 5.41 Å². The van der Waals surface area contributed by atoms with Gasteiger partial charge in [-0.3, -0.25) is 19.5 Å². The van der Waals surface area contributed by atoms with E-state index in [0.717, 1.165) is 41.5 Å². The second-order valence-corrected chi connectivity index (χ2v) is 12.0. The summed E-state index contributed by atoms with van der Waals surface area (Å²) in [6, 6.07) is 15.8. The van der Waals surface area contributed by atoms with Crippen molar-refractivity contribution in [2.24, 2.45) is 5.73 Å². The van der Waals surface area contributed by atoms with Gasteiger partial charge < -0.3 is 20.1 Å². The fourth-order valence-corrected chi connectivity index (χ4v) is 6.11. The van der Waals surface area contributed by atoms with Gasteiger partial charge in [0.05, 0.1) is 23.9 Å². The van der Waals surface area contributed by atoms with Crippen molar-refractivity contribution in [1.82, 2.24) is 4.98 Å². The minimum absolute atomic E-state index is 0. The third kappa shape index (κ3) is 10.0. The maximum absolute atomic E-state index is 13.3. The SMILES string of the molecule is CCOC(=O)CS(=O)(=O)N(C/C=C/c1cccc(C(=N)N)c1)c1ccc(OC2CCN(c3ccncc3)CC2)c(Cl)c1.Cl.Cl. The molecule has 0 unspecified atom stereocenters. The largest absolute Gasteiger partial charge is 0.489 e. The monoisotopic (exact) mass is 683 g/mol. The number of anilines is 2. The third-order valence-corrected chi connectivity index (χ3v) is 8.61. The highest BCUT2D eigenvalue weighted by Crippen LogP contribution is 2.33. The van der Waals surface area contributed by atoms with Gasteiger partial charge in [0.2, 0.25) is 10.0 Å². The average molecular weight is 685 g/mol. The second kappa shape index (κ2) is 17.1. The van der Waals surface area contributed by atoms with Crippen molar-refractivity contribution in [3.05, 3.63) is 89.2 Å². The Hall–Kier alpha value is -3.51. The summed E-state index contributed by atoms with van der Waals surface area (Å²) in [4.78, 5) is 18.5. The van der Waals surface area contributed by atoms with E-state index in [1.54, 1.807) is 61.8 Å². The lowest BCUT2D eigenvalue weighted by atomic mass is 10.1. The van der Waals surface area contributed by atoms with Crippen LogP contribution in [0.2, 0.25) is 5.02 Å². The fraction of sp³-hybridized carbons (Fsp3) is 0.300. The highest BCUT2D eigenvalue weighted by atomic mass is 35.5. The summed E-state index contributed by atoms with van der Waals surface area (Å²) in [6.45, 7) is 3.26. The molecule has 1 aliphatic rings. The predicted octanol–water partition coefficient (Wildman–Crippen LogP) is 5.32. The van der Waals surface area contributed by atoms with Crippen LogP contribution >= 0.6 is 36.4 Å². The fourth-order valence-electron chi connectivity index (χ4n) is 4.61. The number of benzene rings is 2. The number of esters is 1. The van der Waals surface area contributed by atoms with Crippen LogP contribution in [0.3, 0.4) is 0 Å². The van der Waals surface area contributed by atoms with Gasteiger partial charge in [0.25, 0.3) is 0 Å². The van der Waals surface area contributed by atoms with Gasteiger partial charge in [0.15, 0.2) is 5.75 Å². The molecule has 3 aromatic rings. The van der Waals surface area contributed by atoms with Crippen molar-refractivity contribution in [3.63, 3.8) is 0 Å². The molecule has 0 aliphatic carbocycles. The lowest BCUT2D eigenvalue weighted by Crippen LogP contribution is -2.38. The number of nitrogen functional groups attached to an aromatic ring is 1. The first-order valence-corrected chi connectivity index (χ1v) is 15.5. The molecule has 4 rings (SSSR count). The summed E-state index contributed by atoms with van der Waals surface area (Å²) in [5, 5.41) is 7.89. The maximum Gasteiger partial charge on any atom is 0.323 e. The first kappa shape index (κ1) is 36.7. The number of piperidine rings is 1. The van der Waals surface area contributed by atoms with Gasteiger partial charge in [-0.1, -0.05) is 42.0 Å². The molecular formula is C30H36Cl3N5O5S. The number of sulfonamides is 1. The Kier molecular flexibility index (Phi) is 14.3. The zero-order valence-electron chi connectivity index (χ0n) is 24.1. The summed E-state index contributed by atoms with van der Waals surface area (Å²) >= 11 is 6.59. The topological polar surface area (TPSA) is 139 Å². The van der Waals surface area contributed by atoms with Gasteiger partial charge in [0.1, 0.15) is 17.7 Å². The number of carbonyl (C=O) groups is 1. The average Bonchev–Trinajstić information content (AvgIpc) is 2.97. The minimum atomic E-state index is -4.12. The van der Waals surface area contributed by atoms with Gasteiger partial charge in [-0.25, -0.2) is 8.42 Å². The first-order chi connectivity index (χ1) is 20.2. The zero-order valence-corrected chi connectivity index (χ0v) is 27.3. The molecule has 238 valence electrons. The van der Waals surface area contributed by atoms with Crippen LogP contribution in [0.15, 0.2) is 73.1 Å².